The van der Waals surface area contributed by atoms with Crippen molar-refractivity contribution >= 4 is 34.0 Å². The normalized spacial score (nSPS) is 10.9. The van der Waals surface area contributed by atoms with Gasteiger partial charge in [-0.25, -0.2) is 4.98 Å². The van der Waals surface area contributed by atoms with Gasteiger partial charge in [0, 0.05) is 16.0 Å². The summed E-state index contributed by atoms with van der Waals surface area (Å²) in [5.41, 5.74) is 1.66. The molecule has 1 heterocycles. The Kier molecular flexibility index (Phi) is 5.73. The molecule has 0 aliphatic heterocycles. The van der Waals surface area contributed by atoms with Gasteiger partial charge in [-0.3, -0.25) is 9.69 Å². The summed E-state index contributed by atoms with van der Waals surface area (Å²) in [6.07, 6.45) is 0. The Labute approximate surface area is 133 Å². The number of likely N-dealkylation sites (N-methyl/N-ethyl adjacent to an activating group) is 1. The zero-order valence-electron chi connectivity index (χ0n) is 12.1. The van der Waals surface area contributed by atoms with E-state index in [2.05, 4.69) is 15.2 Å². The average molecular weight is 324 g/mol. The van der Waals surface area contributed by atoms with E-state index < -0.39 is 0 Å². The number of carbonyl (C=O) groups is 1. The van der Waals surface area contributed by atoms with Gasteiger partial charge in [0.2, 0.25) is 5.91 Å². The Morgan fingerprint density at radius 2 is 2.05 bits per heavy atom. The predicted octanol–water partition coefficient (Wildman–Crippen LogP) is 3.74. The predicted molar refractivity (Wildman–Crippen MR) is 89.0 cm³/mol. The Morgan fingerprint density at radius 1 is 1.33 bits per heavy atom. The molecule has 0 saturated heterocycles. The minimum absolute atomic E-state index is 0.0428. The number of carbonyl (C=O) groups excluding carboxylic acids is 1. The molecular weight excluding hydrogens is 306 g/mol. The van der Waals surface area contributed by atoms with Crippen molar-refractivity contribution in [1.29, 1.82) is 0 Å². The highest BCUT2D eigenvalue weighted by atomic mass is 35.5. The van der Waals surface area contributed by atoms with Crippen molar-refractivity contribution in [2.75, 3.05) is 25.0 Å². The highest BCUT2D eigenvalue weighted by molar-refractivity contribution is 7.14. The second kappa shape index (κ2) is 7.54. The van der Waals surface area contributed by atoms with Gasteiger partial charge in [0.05, 0.1) is 12.2 Å². The fourth-order valence-electron chi connectivity index (χ4n) is 1.93. The minimum Gasteiger partial charge on any atom is -0.301 e. The maximum atomic E-state index is 11.9. The van der Waals surface area contributed by atoms with E-state index in [1.54, 1.807) is 0 Å². The molecular formula is C15H18ClN3OS. The Balaban J connectivity index is 2.04. The number of rotatable bonds is 6. The van der Waals surface area contributed by atoms with Gasteiger partial charge in [0.15, 0.2) is 5.13 Å². The molecule has 21 heavy (non-hydrogen) atoms. The van der Waals surface area contributed by atoms with E-state index in [0.29, 0.717) is 16.7 Å². The molecule has 4 nitrogen and oxygen atoms in total. The van der Waals surface area contributed by atoms with Crippen LogP contribution in [-0.2, 0) is 4.79 Å². The van der Waals surface area contributed by atoms with Gasteiger partial charge in [0.1, 0.15) is 0 Å². The van der Waals surface area contributed by atoms with Crippen LogP contribution in [0, 0.1) is 0 Å². The third kappa shape index (κ3) is 4.27. The second-order valence-electron chi connectivity index (χ2n) is 4.53. The minimum atomic E-state index is -0.0428. The lowest BCUT2D eigenvalue weighted by molar-refractivity contribution is -0.117. The number of hydrogen-bond acceptors (Lipinski definition) is 4. The monoisotopic (exact) mass is 323 g/mol. The molecule has 2 aromatic rings. The first-order valence-corrected chi connectivity index (χ1v) is 8.12. The third-order valence-corrected chi connectivity index (χ3v) is 4.25. The smallest absolute Gasteiger partial charge is 0.240 e. The van der Waals surface area contributed by atoms with Crippen LogP contribution < -0.4 is 5.32 Å². The Morgan fingerprint density at radius 3 is 2.71 bits per heavy atom. The molecule has 6 heteroatoms. The molecule has 1 aromatic heterocycles. The molecule has 2 rings (SSSR count). The lowest BCUT2D eigenvalue weighted by Gasteiger charge is -2.16. The molecule has 112 valence electrons. The summed E-state index contributed by atoms with van der Waals surface area (Å²) < 4.78 is 0. The number of hydrogen-bond donors (Lipinski definition) is 1. The number of benzene rings is 1. The number of halogens is 1. The number of aromatic nitrogens is 1. The summed E-state index contributed by atoms with van der Waals surface area (Å²) in [6, 6.07) is 7.54. The topological polar surface area (TPSA) is 45.2 Å². The molecule has 0 atom stereocenters. The van der Waals surface area contributed by atoms with Gasteiger partial charge in [0.25, 0.3) is 0 Å². The van der Waals surface area contributed by atoms with Crippen LogP contribution in [0.15, 0.2) is 29.6 Å². The van der Waals surface area contributed by atoms with E-state index >= 15 is 0 Å². The maximum absolute atomic E-state index is 11.9. The van der Waals surface area contributed by atoms with Crippen LogP contribution in [0.2, 0.25) is 5.02 Å². The average Bonchev–Trinajstić information content (AvgIpc) is 2.93. The number of amides is 1. The van der Waals surface area contributed by atoms with E-state index in [1.165, 1.54) is 11.3 Å². The standard InChI is InChI=1S/C15H18ClN3OS/c1-3-19(4-2)9-14(20)18-15-17-13(10-21-15)11-7-5-6-8-12(11)16/h5-8,10H,3-4,9H2,1-2H3,(H,17,18,20). The third-order valence-electron chi connectivity index (χ3n) is 3.16. The molecule has 0 fully saturated rings. The first-order chi connectivity index (χ1) is 10.1. The molecule has 1 N–H and O–H groups in total. The largest absolute Gasteiger partial charge is 0.301 e. The molecule has 0 radical (unpaired) electrons. The van der Waals surface area contributed by atoms with Crippen molar-refractivity contribution in [2.24, 2.45) is 0 Å². The maximum Gasteiger partial charge on any atom is 0.240 e. The zero-order chi connectivity index (χ0) is 15.2. The van der Waals surface area contributed by atoms with Crippen molar-refractivity contribution in [2.45, 2.75) is 13.8 Å². The molecule has 0 aliphatic rings. The fraction of sp³-hybridized carbons (Fsp3) is 0.333. The van der Waals surface area contributed by atoms with E-state index in [0.717, 1.165) is 24.3 Å². The molecule has 0 spiro atoms. The summed E-state index contributed by atoms with van der Waals surface area (Å²) >= 11 is 7.55. The SMILES string of the molecule is CCN(CC)CC(=O)Nc1nc(-c2ccccc2Cl)cs1. The van der Waals surface area contributed by atoms with Gasteiger partial charge >= 0.3 is 0 Å². The first kappa shape index (κ1) is 15.9. The lowest BCUT2D eigenvalue weighted by atomic mass is 10.2. The molecule has 0 aliphatic carbocycles. The highest BCUT2D eigenvalue weighted by Crippen LogP contribution is 2.30. The van der Waals surface area contributed by atoms with Gasteiger partial charge in [-0.15, -0.1) is 11.3 Å². The molecule has 1 aromatic carbocycles. The van der Waals surface area contributed by atoms with E-state index in [9.17, 15) is 4.79 Å². The summed E-state index contributed by atoms with van der Waals surface area (Å²) in [7, 11) is 0. The second-order valence-corrected chi connectivity index (χ2v) is 5.79. The van der Waals surface area contributed by atoms with Crippen LogP contribution in [0.1, 0.15) is 13.8 Å². The number of nitrogens with one attached hydrogen (secondary N) is 1. The van der Waals surface area contributed by atoms with Crippen LogP contribution in [0.4, 0.5) is 5.13 Å². The van der Waals surface area contributed by atoms with Crippen LogP contribution in [0.25, 0.3) is 11.3 Å². The van der Waals surface area contributed by atoms with Crippen molar-refractivity contribution < 1.29 is 4.79 Å². The zero-order valence-corrected chi connectivity index (χ0v) is 13.7. The van der Waals surface area contributed by atoms with Crippen LogP contribution >= 0.6 is 22.9 Å². The fourth-order valence-corrected chi connectivity index (χ4v) is 2.89. The highest BCUT2D eigenvalue weighted by Gasteiger charge is 2.11. The van der Waals surface area contributed by atoms with Gasteiger partial charge in [-0.1, -0.05) is 43.6 Å². The molecule has 1 amide bonds. The van der Waals surface area contributed by atoms with Crippen molar-refractivity contribution in [3.8, 4) is 11.3 Å². The number of nitrogens with zero attached hydrogens (tertiary/aromatic N) is 2. The molecule has 0 saturated carbocycles. The first-order valence-electron chi connectivity index (χ1n) is 6.86. The number of anilines is 1. The summed E-state index contributed by atoms with van der Waals surface area (Å²) in [5.74, 6) is -0.0428. The molecule has 0 unspecified atom stereocenters. The Hall–Kier alpha value is -1.43. The van der Waals surface area contributed by atoms with Crippen molar-refractivity contribution in [3.63, 3.8) is 0 Å². The summed E-state index contributed by atoms with van der Waals surface area (Å²) in [6.45, 7) is 6.17. The lowest BCUT2D eigenvalue weighted by Crippen LogP contribution is -2.32. The van der Waals surface area contributed by atoms with Crippen LogP contribution in [0.5, 0.6) is 0 Å². The quantitative estimate of drug-likeness (QED) is 0.880. The van der Waals surface area contributed by atoms with Gasteiger partial charge < -0.3 is 5.32 Å². The van der Waals surface area contributed by atoms with Gasteiger partial charge in [-0.2, -0.15) is 0 Å². The van der Waals surface area contributed by atoms with E-state index in [1.807, 2.05) is 43.5 Å². The van der Waals surface area contributed by atoms with E-state index in [-0.39, 0.29) is 5.91 Å². The van der Waals surface area contributed by atoms with Crippen molar-refractivity contribution in [1.82, 2.24) is 9.88 Å². The van der Waals surface area contributed by atoms with Gasteiger partial charge in [-0.05, 0) is 19.2 Å². The summed E-state index contributed by atoms with van der Waals surface area (Å²) in [4.78, 5) is 18.4. The molecule has 0 bridgehead atoms. The van der Waals surface area contributed by atoms with Crippen LogP contribution in [0.3, 0.4) is 0 Å². The Bertz CT molecular complexity index is 610. The van der Waals surface area contributed by atoms with Crippen molar-refractivity contribution in [3.05, 3.63) is 34.7 Å². The van der Waals surface area contributed by atoms with E-state index in [4.69, 9.17) is 11.6 Å². The number of thiazole rings is 1. The summed E-state index contributed by atoms with van der Waals surface area (Å²) in [5, 5.41) is 5.99. The van der Waals surface area contributed by atoms with Crippen LogP contribution in [-0.4, -0.2) is 35.4 Å².